The molecule has 0 heterocycles. The Bertz CT molecular complexity index is 1200. The van der Waals surface area contributed by atoms with Gasteiger partial charge in [0.15, 0.2) is 6.10 Å². The van der Waals surface area contributed by atoms with E-state index in [1.165, 1.54) is 57.8 Å². The first-order chi connectivity index (χ1) is 28.5. The van der Waals surface area contributed by atoms with Gasteiger partial charge in [0.1, 0.15) is 13.2 Å². The second-order valence-electron chi connectivity index (χ2n) is 15.1. The Kier molecular flexibility index (Phi) is 43.1. The lowest BCUT2D eigenvalue weighted by Gasteiger charge is -2.18. The average Bonchev–Trinajstić information content (AvgIpc) is 3.22. The molecule has 6 nitrogen and oxygen atoms in total. The van der Waals surface area contributed by atoms with E-state index >= 15 is 0 Å². The molecule has 1 unspecified atom stereocenters. The quantitative estimate of drug-likeness (QED) is 0.0266. The summed E-state index contributed by atoms with van der Waals surface area (Å²) in [5.41, 5.74) is 0. The molecule has 0 radical (unpaired) electrons. The summed E-state index contributed by atoms with van der Waals surface area (Å²) in [7, 11) is 0. The van der Waals surface area contributed by atoms with Gasteiger partial charge >= 0.3 is 17.9 Å². The maximum Gasteiger partial charge on any atom is 0.306 e. The molecule has 0 aromatic rings. The van der Waals surface area contributed by atoms with Crippen LogP contribution in [0.1, 0.15) is 194 Å². The summed E-state index contributed by atoms with van der Waals surface area (Å²) in [5, 5.41) is 0. The third-order valence-electron chi connectivity index (χ3n) is 9.52. The first kappa shape index (κ1) is 54.3. The zero-order chi connectivity index (χ0) is 42.3. The van der Waals surface area contributed by atoms with Crippen molar-refractivity contribution in [2.24, 2.45) is 0 Å². The number of rotatable bonds is 40. The molecule has 0 aromatic heterocycles. The van der Waals surface area contributed by atoms with Crippen LogP contribution < -0.4 is 0 Å². The van der Waals surface area contributed by atoms with Gasteiger partial charge in [-0.25, -0.2) is 0 Å². The van der Waals surface area contributed by atoms with E-state index in [0.29, 0.717) is 19.3 Å². The van der Waals surface area contributed by atoms with E-state index in [1.54, 1.807) is 0 Å². The van der Waals surface area contributed by atoms with E-state index in [2.05, 4.69) is 57.2 Å². The number of hydrogen-bond donors (Lipinski definition) is 0. The number of carbonyl (C=O) groups is 3. The number of carbonyl (C=O) groups excluding carboxylic acids is 3. The lowest BCUT2D eigenvalue weighted by atomic mass is 10.0. The smallest absolute Gasteiger partial charge is 0.306 e. The van der Waals surface area contributed by atoms with E-state index < -0.39 is 6.10 Å². The molecule has 0 fully saturated rings. The number of unbranched alkanes of at least 4 members (excludes halogenated alkanes) is 19. The van der Waals surface area contributed by atoms with Crippen molar-refractivity contribution in [1.29, 1.82) is 0 Å². The van der Waals surface area contributed by atoms with Crippen LogP contribution in [0.2, 0.25) is 0 Å². The summed E-state index contributed by atoms with van der Waals surface area (Å²) in [5.74, 6) is -0.973. The molecular weight excluding hydrogens is 721 g/mol. The fraction of sp³-hybridized carbons (Fsp3) is 0.635. The van der Waals surface area contributed by atoms with Crippen LogP contribution in [0.25, 0.3) is 0 Å². The number of hydrogen-bond acceptors (Lipinski definition) is 6. The summed E-state index contributed by atoms with van der Waals surface area (Å²) >= 11 is 0. The minimum atomic E-state index is -0.805. The minimum absolute atomic E-state index is 0.101. The number of ether oxygens (including phenoxy) is 3. The van der Waals surface area contributed by atoms with E-state index in [0.717, 1.165) is 89.9 Å². The highest BCUT2D eigenvalue weighted by molar-refractivity contribution is 5.71. The molecule has 0 aliphatic carbocycles. The van der Waals surface area contributed by atoms with E-state index in [4.69, 9.17) is 14.2 Å². The molecule has 0 N–H and O–H groups in total. The Morgan fingerprint density at radius 3 is 1.07 bits per heavy atom. The van der Waals surface area contributed by atoms with Crippen molar-refractivity contribution in [2.75, 3.05) is 13.2 Å². The van der Waals surface area contributed by atoms with Crippen molar-refractivity contribution in [3.8, 4) is 0 Å². The zero-order valence-corrected chi connectivity index (χ0v) is 37.3. The second kappa shape index (κ2) is 46.0. The highest BCUT2D eigenvalue weighted by Gasteiger charge is 2.19. The number of allylic oxidation sites excluding steroid dienone is 16. The topological polar surface area (TPSA) is 78.9 Å². The van der Waals surface area contributed by atoms with Crippen molar-refractivity contribution in [2.45, 2.75) is 200 Å². The monoisotopic (exact) mass is 805 g/mol. The van der Waals surface area contributed by atoms with Gasteiger partial charge in [0.2, 0.25) is 0 Å². The molecular formula is C52H84O6. The standard InChI is InChI=1S/C52H84O6/c1-4-7-10-13-16-19-22-25-26-28-30-33-36-39-42-45-51(54)57-48-49(47-56-50(53)44-41-38-35-32-29-24-21-18-15-12-9-6-3)58-52(55)46-43-40-37-34-31-27-23-20-17-14-11-8-5-2/h7-8,10-11,13-14,16-17,19-20,22-23,25-27,31,49H,4-6,9,12,15,18,21,24,28-30,32-48H2,1-3H3/b10-7-,11-8-,16-13-,17-14-,22-19-,23-20-,26-25-,31-27-. The second-order valence-corrected chi connectivity index (χ2v) is 15.1. The molecule has 328 valence electrons. The van der Waals surface area contributed by atoms with Gasteiger partial charge in [-0.3, -0.25) is 14.4 Å². The molecule has 0 aliphatic rings. The van der Waals surface area contributed by atoms with E-state index in [9.17, 15) is 14.4 Å². The Labute approximate surface area is 356 Å². The van der Waals surface area contributed by atoms with Crippen molar-refractivity contribution in [3.05, 3.63) is 97.2 Å². The van der Waals surface area contributed by atoms with Gasteiger partial charge < -0.3 is 14.2 Å². The Balaban J connectivity index is 4.50. The fourth-order valence-electron chi connectivity index (χ4n) is 6.05. The Morgan fingerprint density at radius 1 is 0.362 bits per heavy atom. The van der Waals surface area contributed by atoms with Crippen LogP contribution in [0.4, 0.5) is 0 Å². The molecule has 0 amide bonds. The Morgan fingerprint density at radius 2 is 0.672 bits per heavy atom. The van der Waals surface area contributed by atoms with Crippen molar-refractivity contribution < 1.29 is 28.6 Å². The molecule has 6 heteroatoms. The lowest BCUT2D eigenvalue weighted by Crippen LogP contribution is -2.30. The fourth-order valence-corrected chi connectivity index (χ4v) is 6.05. The normalized spacial score (nSPS) is 12.9. The average molecular weight is 805 g/mol. The van der Waals surface area contributed by atoms with Crippen LogP contribution in [0.15, 0.2) is 97.2 Å². The van der Waals surface area contributed by atoms with Crippen LogP contribution in [0, 0.1) is 0 Å². The van der Waals surface area contributed by atoms with Gasteiger partial charge in [-0.15, -0.1) is 0 Å². The van der Waals surface area contributed by atoms with Gasteiger partial charge in [-0.05, 0) is 57.8 Å². The lowest BCUT2D eigenvalue weighted by molar-refractivity contribution is -0.167. The van der Waals surface area contributed by atoms with E-state index in [-0.39, 0.29) is 37.5 Å². The first-order valence-corrected chi connectivity index (χ1v) is 23.3. The van der Waals surface area contributed by atoms with Crippen LogP contribution >= 0.6 is 0 Å². The highest BCUT2D eigenvalue weighted by atomic mass is 16.6. The molecule has 0 saturated heterocycles. The third-order valence-corrected chi connectivity index (χ3v) is 9.52. The highest BCUT2D eigenvalue weighted by Crippen LogP contribution is 2.14. The summed E-state index contributed by atoms with van der Waals surface area (Å²) in [6.07, 6.45) is 59.6. The van der Waals surface area contributed by atoms with Crippen LogP contribution in [-0.2, 0) is 28.6 Å². The largest absolute Gasteiger partial charge is 0.462 e. The maximum atomic E-state index is 12.7. The van der Waals surface area contributed by atoms with Crippen molar-refractivity contribution in [3.63, 3.8) is 0 Å². The van der Waals surface area contributed by atoms with Gasteiger partial charge in [0.25, 0.3) is 0 Å². The first-order valence-electron chi connectivity index (χ1n) is 23.3. The maximum absolute atomic E-state index is 12.7. The van der Waals surface area contributed by atoms with Crippen molar-refractivity contribution >= 4 is 17.9 Å². The zero-order valence-electron chi connectivity index (χ0n) is 37.3. The number of esters is 3. The molecule has 1 atom stereocenters. The van der Waals surface area contributed by atoms with Crippen molar-refractivity contribution in [1.82, 2.24) is 0 Å². The summed E-state index contributed by atoms with van der Waals surface area (Å²) in [6.45, 7) is 6.28. The van der Waals surface area contributed by atoms with Gasteiger partial charge in [0, 0.05) is 19.3 Å². The molecule has 0 rings (SSSR count). The summed E-state index contributed by atoms with van der Waals surface area (Å²) in [6, 6.07) is 0. The van der Waals surface area contributed by atoms with E-state index in [1.807, 2.05) is 60.8 Å². The molecule has 0 aromatic carbocycles. The minimum Gasteiger partial charge on any atom is -0.462 e. The van der Waals surface area contributed by atoms with Crippen LogP contribution in [-0.4, -0.2) is 37.2 Å². The predicted octanol–water partition coefficient (Wildman–Crippen LogP) is 15.0. The van der Waals surface area contributed by atoms with Crippen LogP contribution in [0.3, 0.4) is 0 Å². The molecule has 0 bridgehead atoms. The van der Waals surface area contributed by atoms with Crippen LogP contribution in [0.5, 0.6) is 0 Å². The summed E-state index contributed by atoms with van der Waals surface area (Å²) in [4.78, 5) is 37.8. The SMILES string of the molecule is CC\C=C/C=C\C=C/C=C\CCCCCCCC(=O)OCC(COC(=O)CCCCCCCCCCCCCC)OC(=O)CCCCC\C=C/C=C\C=C/C=C\CC. The molecule has 0 saturated carbocycles. The third kappa shape index (κ3) is 43.5. The molecule has 0 aliphatic heterocycles. The molecule has 0 spiro atoms. The van der Waals surface area contributed by atoms with Gasteiger partial charge in [-0.1, -0.05) is 214 Å². The molecule has 58 heavy (non-hydrogen) atoms. The van der Waals surface area contributed by atoms with Gasteiger partial charge in [-0.2, -0.15) is 0 Å². The predicted molar refractivity (Wildman–Crippen MR) is 247 cm³/mol. The van der Waals surface area contributed by atoms with Gasteiger partial charge in [0.05, 0.1) is 0 Å². The summed E-state index contributed by atoms with van der Waals surface area (Å²) < 4.78 is 16.7. The Hall–Kier alpha value is -3.67.